The fourth-order valence-electron chi connectivity index (χ4n) is 4.37. The van der Waals surface area contributed by atoms with Gasteiger partial charge in [0.15, 0.2) is 6.04 Å². The van der Waals surface area contributed by atoms with Gasteiger partial charge in [0, 0.05) is 37.6 Å². The number of hydrogen-bond acceptors (Lipinski definition) is 9. The topological polar surface area (TPSA) is 174 Å². The number of primary sulfonamides is 1. The lowest BCUT2D eigenvalue weighted by molar-refractivity contribution is -0.123. The third-order valence-corrected chi connectivity index (χ3v) is 8.42. The summed E-state index contributed by atoms with van der Waals surface area (Å²) in [5.41, 5.74) is 3.25. The second kappa shape index (κ2) is 12.7. The van der Waals surface area contributed by atoms with Gasteiger partial charge in [0.2, 0.25) is 15.9 Å². The minimum Gasteiger partial charge on any atom is -0.378 e. The van der Waals surface area contributed by atoms with Gasteiger partial charge in [-0.15, -0.1) is 11.3 Å². The van der Waals surface area contributed by atoms with Crippen LogP contribution >= 0.6 is 11.3 Å². The zero-order valence-corrected chi connectivity index (χ0v) is 24.0. The predicted molar refractivity (Wildman–Crippen MR) is 157 cm³/mol. The van der Waals surface area contributed by atoms with Crippen molar-refractivity contribution in [2.45, 2.75) is 6.04 Å². The highest BCUT2D eigenvalue weighted by Gasteiger charge is 2.27. The average Bonchev–Trinajstić information content (AvgIpc) is 3.43. The van der Waals surface area contributed by atoms with Crippen LogP contribution in [0.1, 0.15) is 31.8 Å². The summed E-state index contributed by atoms with van der Waals surface area (Å²) >= 11 is 1.23. The molecule has 2 aromatic heterocycles. The largest absolute Gasteiger partial charge is 0.378 e. The molecule has 4 aromatic rings. The van der Waals surface area contributed by atoms with Crippen molar-refractivity contribution in [1.82, 2.24) is 25.5 Å². The Labute approximate surface area is 246 Å². The van der Waals surface area contributed by atoms with E-state index in [2.05, 4.69) is 20.6 Å². The van der Waals surface area contributed by atoms with Gasteiger partial charge in [0.1, 0.15) is 5.01 Å². The maximum absolute atomic E-state index is 13.1. The van der Waals surface area contributed by atoms with E-state index < -0.39 is 33.6 Å². The first-order chi connectivity index (χ1) is 20.2. The molecule has 42 heavy (non-hydrogen) atoms. The molecule has 12 nitrogen and oxygen atoms in total. The molecule has 0 bridgehead atoms. The van der Waals surface area contributed by atoms with Crippen molar-refractivity contribution in [2.75, 3.05) is 38.6 Å². The molecule has 1 unspecified atom stereocenters. The number of hydrogen-bond donors (Lipinski definition) is 3. The number of nitrogens with two attached hydrogens (primary N) is 1. The predicted octanol–water partition coefficient (Wildman–Crippen LogP) is 1.71. The molecule has 0 aliphatic carbocycles. The number of benzene rings is 2. The fourth-order valence-corrected chi connectivity index (χ4v) is 5.81. The second-order valence-electron chi connectivity index (χ2n) is 9.52. The summed E-state index contributed by atoms with van der Waals surface area (Å²) in [5, 5.41) is 10.6. The van der Waals surface area contributed by atoms with Crippen LogP contribution in [0.4, 0.5) is 0 Å². The van der Waals surface area contributed by atoms with Crippen LogP contribution in [-0.2, 0) is 19.6 Å². The number of aromatic nitrogens is 2. The van der Waals surface area contributed by atoms with Crippen LogP contribution < -0.4 is 15.8 Å². The summed E-state index contributed by atoms with van der Waals surface area (Å²) in [6.45, 7) is 1.98. The molecule has 1 saturated heterocycles. The molecule has 0 spiro atoms. The van der Waals surface area contributed by atoms with Crippen LogP contribution in [0, 0.1) is 0 Å². The summed E-state index contributed by atoms with van der Waals surface area (Å²) < 4.78 is 28.7. The molecule has 2 aromatic carbocycles. The highest BCUT2D eigenvalue weighted by Crippen LogP contribution is 2.31. The van der Waals surface area contributed by atoms with E-state index in [9.17, 15) is 22.8 Å². The van der Waals surface area contributed by atoms with Crippen molar-refractivity contribution in [1.29, 1.82) is 0 Å². The number of amides is 3. The molecule has 1 aliphatic rings. The number of morpholine rings is 1. The molecule has 1 aliphatic heterocycles. The summed E-state index contributed by atoms with van der Waals surface area (Å²) in [5.74, 6) is -1.66. The molecule has 0 radical (unpaired) electrons. The number of pyridine rings is 1. The van der Waals surface area contributed by atoms with Crippen molar-refractivity contribution in [3.63, 3.8) is 0 Å². The second-order valence-corrected chi connectivity index (χ2v) is 12.3. The number of carbonyl (C=O) groups excluding carboxylic acids is 3. The maximum atomic E-state index is 13.1. The van der Waals surface area contributed by atoms with Crippen molar-refractivity contribution < 1.29 is 27.5 Å². The van der Waals surface area contributed by atoms with E-state index in [0.717, 1.165) is 15.8 Å². The Hall–Kier alpha value is -4.24. The minimum absolute atomic E-state index is 0.0332. The van der Waals surface area contributed by atoms with E-state index in [4.69, 9.17) is 9.88 Å². The molecule has 1 atom stereocenters. The van der Waals surface area contributed by atoms with E-state index >= 15 is 0 Å². The van der Waals surface area contributed by atoms with E-state index in [-0.39, 0.29) is 18.0 Å². The molecule has 14 heteroatoms. The van der Waals surface area contributed by atoms with E-state index in [1.54, 1.807) is 29.2 Å². The Morgan fingerprint density at radius 1 is 1.02 bits per heavy atom. The number of carbonyl (C=O) groups is 3. The molecular formula is C28H28N6O6S2. The van der Waals surface area contributed by atoms with Gasteiger partial charge in [-0.3, -0.25) is 19.4 Å². The first-order valence-electron chi connectivity index (χ1n) is 13.0. The zero-order chi connectivity index (χ0) is 29.7. The zero-order valence-electron chi connectivity index (χ0n) is 22.4. The number of rotatable bonds is 9. The van der Waals surface area contributed by atoms with Gasteiger partial charge < -0.3 is 20.3 Å². The van der Waals surface area contributed by atoms with Gasteiger partial charge >= 0.3 is 0 Å². The number of nitrogens with zero attached hydrogens (tertiary/aromatic N) is 3. The number of nitrogens with one attached hydrogen (secondary N) is 2. The van der Waals surface area contributed by atoms with Crippen molar-refractivity contribution in [3.8, 4) is 11.1 Å². The van der Waals surface area contributed by atoms with Crippen LogP contribution in [0.15, 0.2) is 67.0 Å². The number of fused-ring (bicyclic) bond motifs is 1. The van der Waals surface area contributed by atoms with Crippen molar-refractivity contribution >= 4 is 49.3 Å². The molecule has 3 heterocycles. The lowest BCUT2D eigenvalue weighted by Gasteiger charge is -2.26. The molecular weight excluding hydrogens is 580 g/mol. The Bertz CT molecular complexity index is 1700. The minimum atomic E-state index is -3.79. The maximum Gasteiger partial charge on any atom is 0.254 e. The Morgan fingerprint density at radius 2 is 1.76 bits per heavy atom. The molecule has 5 rings (SSSR count). The number of ether oxygens (including phenoxy) is 1. The summed E-state index contributed by atoms with van der Waals surface area (Å²) in [4.78, 5) is 49.1. The van der Waals surface area contributed by atoms with Gasteiger partial charge in [-0.25, -0.2) is 18.5 Å². The van der Waals surface area contributed by atoms with Crippen LogP contribution in [0.2, 0.25) is 0 Å². The molecule has 3 amide bonds. The monoisotopic (exact) mass is 608 g/mol. The fraction of sp³-hybridized carbons (Fsp3) is 0.250. The first-order valence-corrected chi connectivity index (χ1v) is 15.6. The highest BCUT2D eigenvalue weighted by atomic mass is 32.2. The van der Waals surface area contributed by atoms with Gasteiger partial charge in [-0.05, 0) is 47.5 Å². The van der Waals surface area contributed by atoms with Gasteiger partial charge in [0.05, 0.1) is 34.7 Å². The molecule has 4 N–H and O–H groups in total. The van der Waals surface area contributed by atoms with Crippen molar-refractivity contribution in [2.24, 2.45) is 5.14 Å². The van der Waals surface area contributed by atoms with Crippen LogP contribution in [-0.4, -0.2) is 79.6 Å². The molecule has 0 saturated carbocycles. The first kappa shape index (κ1) is 29.3. The Morgan fingerprint density at radius 3 is 2.45 bits per heavy atom. The Kier molecular flexibility index (Phi) is 8.87. The highest BCUT2D eigenvalue weighted by molar-refractivity contribution is 7.89. The smallest absolute Gasteiger partial charge is 0.254 e. The lowest BCUT2D eigenvalue weighted by Crippen LogP contribution is -2.42. The third-order valence-electron chi connectivity index (χ3n) is 6.56. The van der Waals surface area contributed by atoms with Crippen LogP contribution in [0.25, 0.3) is 21.3 Å². The number of sulfonamides is 1. The van der Waals surface area contributed by atoms with E-state index in [0.29, 0.717) is 42.4 Å². The third kappa shape index (κ3) is 7.15. The standard InChI is InChI=1S/C28H28N6O6S2/c29-42(38,39)15-10-31-26(36)24(33-25(35)21-2-1-9-30-17-21)27-32-22-8-7-20(16-23(22)41-27)18-3-5-19(6-4-18)28(37)34-11-13-40-14-12-34/h1-9,16-17,24H,10-15H2,(H,31,36)(H,33,35)(H2,29,38,39). The molecule has 218 valence electrons. The molecule has 1 fully saturated rings. The summed E-state index contributed by atoms with van der Waals surface area (Å²) in [6, 6.07) is 15.0. The quantitative estimate of drug-likeness (QED) is 0.257. The summed E-state index contributed by atoms with van der Waals surface area (Å²) in [7, 11) is -3.79. The van der Waals surface area contributed by atoms with Gasteiger partial charge in [-0.2, -0.15) is 0 Å². The average molecular weight is 609 g/mol. The van der Waals surface area contributed by atoms with Crippen LogP contribution in [0.3, 0.4) is 0 Å². The lowest BCUT2D eigenvalue weighted by atomic mass is 10.0. The van der Waals surface area contributed by atoms with Gasteiger partial charge in [-0.1, -0.05) is 18.2 Å². The van der Waals surface area contributed by atoms with Crippen LogP contribution in [0.5, 0.6) is 0 Å². The van der Waals surface area contributed by atoms with E-state index in [1.807, 2.05) is 30.3 Å². The summed E-state index contributed by atoms with van der Waals surface area (Å²) in [6.07, 6.45) is 2.89. The SMILES string of the molecule is NS(=O)(=O)CCNC(=O)C(NC(=O)c1cccnc1)c1nc2ccc(-c3ccc(C(=O)N4CCOCC4)cc3)cc2s1. The van der Waals surface area contributed by atoms with E-state index in [1.165, 1.54) is 23.7 Å². The Balaban J connectivity index is 1.38. The van der Waals surface area contributed by atoms with Gasteiger partial charge in [0.25, 0.3) is 11.8 Å². The normalized spacial score (nSPS) is 14.4. The number of thiazole rings is 1. The van der Waals surface area contributed by atoms with Crippen molar-refractivity contribution in [3.05, 3.63) is 83.1 Å².